The molecule has 4 rings (SSSR count). The minimum absolute atomic E-state index is 0.0721. The molecule has 1 aromatic rings. The summed E-state index contributed by atoms with van der Waals surface area (Å²) in [6, 6.07) is 7.73. The third kappa shape index (κ3) is 2.17. The van der Waals surface area contributed by atoms with E-state index in [0.29, 0.717) is 13.1 Å². The molecule has 3 aliphatic heterocycles. The molecule has 1 aromatic carbocycles. The molecule has 3 heterocycles. The number of amides is 1. The Bertz CT molecular complexity index is 615. The minimum atomic E-state index is -0.197. The Hall–Kier alpha value is -1.59. The number of rotatable bonds is 3. The van der Waals surface area contributed by atoms with Crippen LogP contribution in [0.25, 0.3) is 0 Å². The Morgan fingerprint density at radius 3 is 2.78 bits per heavy atom. The third-order valence-corrected chi connectivity index (χ3v) is 5.91. The Balaban J connectivity index is 1.52. The van der Waals surface area contributed by atoms with Crippen molar-refractivity contribution in [3.63, 3.8) is 0 Å². The molecule has 23 heavy (non-hydrogen) atoms. The molecule has 0 saturated carbocycles. The largest absolute Gasteiger partial charge is 0.396 e. The zero-order valence-corrected chi connectivity index (χ0v) is 13.7. The summed E-state index contributed by atoms with van der Waals surface area (Å²) >= 11 is 0. The van der Waals surface area contributed by atoms with Crippen LogP contribution in [0.5, 0.6) is 0 Å². The molecule has 0 unspecified atom stereocenters. The fourth-order valence-electron chi connectivity index (χ4n) is 4.67. The van der Waals surface area contributed by atoms with Gasteiger partial charge in [0.1, 0.15) is 0 Å². The van der Waals surface area contributed by atoms with Gasteiger partial charge in [-0.1, -0.05) is 0 Å². The molecule has 0 radical (unpaired) electrons. The average Bonchev–Trinajstić information content (AvgIpc) is 3.21. The van der Waals surface area contributed by atoms with Crippen LogP contribution >= 0.6 is 0 Å². The SMILES string of the molecule is CN(C)c1ccc(C(=O)N2C[C@H]3[C@@H](CO)[C@@H]4CC[C@@]3(C2)O4)cc1. The lowest BCUT2D eigenvalue weighted by atomic mass is 9.74. The van der Waals surface area contributed by atoms with Gasteiger partial charge in [-0.05, 0) is 37.1 Å². The molecule has 3 fully saturated rings. The number of hydrogen-bond acceptors (Lipinski definition) is 4. The van der Waals surface area contributed by atoms with Gasteiger partial charge in [-0.15, -0.1) is 0 Å². The molecule has 5 heteroatoms. The van der Waals surface area contributed by atoms with E-state index in [1.807, 2.05) is 48.2 Å². The van der Waals surface area contributed by atoms with E-state index in [1.54, 1.807) is 0 Å². The van der Waals surface area contributed by atoms with Gasteiger partial charge in [-0.3, -0.25) is 4.79 Å². The average molecular weight is 316 g/mol. The summed E-state index contributed by atoms with van der Waals surface area (Å²) in [5, 5.41) is 9.67. The highest BCUT2D eigenvalue weighted by Crippen LogP contribution is 2.54. The molecule has 3 saturated heterocycles. The molecule has 1 amide bonds. The highest BCUT2D eigenvalue weighted by Gasteiger charge is 2.63. The fraction of sp³-hybridized carbons (Fsp3) is 0.611. The lowest BCUT2D eigenvalue weighted by Gasteiger charge is -2.27. The highest BCUT2D eigenvalue weighted by molar-refractivity contribution is 5.95. The van der Waals surface area contributed by atoms with Crippen LogP contribution in [0.15, 0.2) is 24.3 Å². The van der Waals surface area contributed by atoms with Crippen molar-refractivity contribution in [3.05, 3.63) is 29.8 Å². The molecule has 4 atom stereocenters. The normalized spacial score (nSPS) is 34.7. The van der Waals surface area contributed by atoms with Crippen LogP contribution in [0.1, 0.15) is 23.2 Å². The summed E-state index contributed by atoms with van der Waals surface area (Å²) in [6.07, 6.45) is 2.23. The summed E-state index contributed by atoms with van der Waals surface area (Å²) in [7, 11) is 3.97. The van der Waals surface area contributed by atoms with Gasteiger partial charge in [-0.25, -0.2) is 0 Å². The molecule has 124 valence electrons. The van der Waals surface area contributed by atoms with E-state index in [2.05, 4.69) is 0 Å². The molecular weight excluding hydrogens is 292 g/mol. The Morgan fingerprint density at radius 1 is 1.39 bits per heavy atom. The van der Waals surface area contributed by atoms with Crippen molar-refractivity contribution in [2.45, 2.75) is 24.5 Å². The molecule has 2 bridgehead atoms. The maximum absolute atomic E-state index is 12.8. The lowest BCUT2D eigenvalue weighted by Crippen LogP contribution is -2.38. The molecule has 0 aliphatic carbocycles. The number of carbonyl (C=O) groups is 1. The summed E-state index contributed by atoms with van der Waals surface area (Å²) < 4.78 is 6.19. The molecule has 1 spiro atoms. The van der Waals surface area contributed by atoms with Crippen LogP contribution in [-0.2, 0) is 4.74 Å². The van der Waals surface area contributed by atoms with E-state index in [0.717, 1.165) is 24.1 Å². The van der Waals surface area contributed by atoms with Crippen molar-refractivity contribution in [1.29, 1.82) is 0 Å². The van der Waals surface area contributed by atoms with Gasteiger partial charge < -0.3 is 19.6 Å². The minimum Gasteiger partial charge on any atom is -0.396 e. The van der Waals surface area contributed by atoms with E-state index in [1.165, 1.54) is 0 Å². The van der Waals surface area contributed by atoms with Crippen molar-refractivity contribution in [2.75, 3.05) is 38.7 Å². The van der Waals surface area contributed by atoms with Crippen molar-refractivity contribution in [2.24, 2.45) is 11.8 Å². The topological polar surface area (TPSA) is 53.0 Å². The van der Waals surface area contributed by atoms with Crippen LogP contribution < -0.4 is 4.90 Å². The second kappa shape index (κ2) is 5.21. The number of nitrogens with zero attached hydrogens (tertiary/aromatic N) is 2. The van der Waals surface area contributed by atoms with E-state index < -0.39 is 0 Å². The van der Waals surface area contributed by atoms with Crippen molar-refractivity contribution < 1.29 is 14.6 Å². The van der Waals surface area contributed by atoms with Gasteiger partial charge >= 0.3 is 0 Å². The molecule has 5 nitrogen and oxygen atoms in total. The Labute approximate surface area is 136 Å². The zero-order chi connectivity index (χ0) is 16.2. The smallest absolute Gasteiger partial charge is 0.253 e. The van der Waals surface area contributed by atoms with Crippen LogP contribution in [0, 0.1) is 11.8 Å². The lowest BCUT2D eigenvalue weighted by molar-refractivity contribution is 0.00154. The van der Waals surface area contributed by atoms with Crippen molar-refractivity contribution >= 4 is 11.6 Å². The summed E-state index contributed by atoms with van der Waals surface area (Å²) in [5.41, 5.74) is 1.61. The van der Waals surface area contributed by atoms with Crippen LogP contribution in [0.3, 0.4) is 0 Å². The number of aliphatic hydroxyl groups excluding tert-OH is 1. The predicted octanol–water partition coefficient (Wildman–Crippen LogP) is 1.36. The first-order valence-electron chi connectivity index (χ1n) is 8.39. The molecular formula is C18H24N2O3. The number of hydrogen-bond donors (Lipinski definition) is 1. The van der Waals surface area contributed by atoms with Crippen LogP contribution in [-0.4, -0.2) is 61.4 Å². The van der Waals surface area contributed by atoms with Gasteiger partial charge in [-0.2, -0.15) is 0 Å². The van der Waals surface area contributed by atoms with E-state index in [9.17, 15) is 9.90 Å². The van der Waals surface area contributed by atoms with Gasteiger partial charge in [0.15, 0.2) is 0 Å². The quantitative estimate of drug-likeness (QED) is 0.915. The molecule has 0 aromatic heterocycles. The van der Waals surface area contributed by atoms with Gasteiger partial charge in [0, 0.05) is 50.3 Å². The maximum Gasteiger partial charge on any atom is 0.253 e. The summed E-state index contributed by atoms with van der Waals surface area (Å²) in [4.78, 5) is 16.8. The van der Waals surface area contributed by atoms with Gasteiger partial charge in [0.05, 0.1) is 18.2 Å². The van der Waals surface area contributed by atoms with Crippen LogP contribution in [0.2, 0.25) is 0 Å². The second-order valence-corrected chi connectivity index (χ2v) is 7.34. The summed E-state index contributed by atoms with van der Waals surface area (Å²) in [5.74, 6) is 0.553. The van der Waals surface area contributed by atoms with Gasteiger partial charge in [0.25, 0.3) is 5.91 Å². The predicted molar refractivity (Wildman–Crippen MR) is 87.6 cm³/mol. The number of carbonyl (C=O) groups excluding carboxylic acids is 1. The first-order chi connectivity index (χ1) is 11.0. The molecule has 1 N–H and O–H groups in total. The van der Waals surface area contributed by atoms with Crippen molar-refractivity contribution in [1.82, 2.24) is 4.90 Å². The monoisotopic (exact) mass is 316 g/mol. The standard InChI is InChI=1S/C18H24N2O3/c1-19(2)13-5-3-12(4-6-13)17(22)20-9-15-14(10-21)16-7-8-18(15,11-20)23-16/h3-6,14-16,21H,7-11H2,1-2H3/t14-,15+,16+,18+/m1/s1. The number of anilines is 1. The number of ether oxygens (including phenoxy) is 1. The first kappa shape index (κ1) is 15.0. The Kier molecular flexibility index (Phi) is 3.39. The maximum atomic E-state index is 12.8. The van der Waals surface area contributed by atoms with E-state index in [-0.39, 0.29) is 36.1 Å². The number of benzene rings is 1. The number of aliphatic hydroxyl groups is 1. The van der Waals surface area contributed by atoms with Crippen molar-refractivity contribution in [3.8, 4) is 0 Å². The highest BCUT2D eigenvalue weighted by atomic mass is 16.5. The Morgan fingerprint density at radius 2 is 2.13 bits per heavy atom. The molecule has 3 aliphatic rings. The fourth-order valence-corrected chi connectivity index (χ4v) is 4.67. The zero-order valence-electron chi connectivity index (χ0n) is 13.7. The first-order valence-corrected chi connectivity index (χ1v) is 8.39. The van der Waals surface area contributed by atoms with E-state index in [4.69, 9.17) is 4.74 Å². The second-order valence-electron chi connectivity index (χ2n) is 7.34. The summed E-state index contributed by atoms with van der Waals surface area (Å²) in [6.45, 7) is 1.53. The number of likely N-dealkylation sites (tertiary alicyclic amines) is 1. The third-order valence-electron chi connectivity index (χ3n) is 5.91. The van der Waals surface area contributed by atoms with Gasteiger partial charge in [0.2, 0.25) is 0 Å². The number of fused-ring (bicyclic) bond motifs is 1. The van der Waals surface area contributed by atoms with Crippen LogP contribution in [0.4, 0.5) is 5.69 Å². The van der Waals surface area contributed by atoms with E-state index >= 15 is 0 Å².